The number of nitrogens with one attached hydrogen (secondary N) is 2. The van der Waals surface area contributed by atoms with Crippen molar-refractivity contribution in [2.45, 2.75) is 0 Å². The second kappa shape index (κ2) is 8.95. The highest BCUT2D eigenvalue weighted by Crippen LogP contribution is 2.25. The van der Waals surface area contributed by atoms with E-state index in [1.165, 1.54) is 22.8 Å². The van der Waals surface area contributed by atoms with E-state index in [0.717, 1.165) is 5.56 Å². The number of imide groups is 1. The fourth-order valence-electron chi connectivity index (χ4n) is 1.67. The molecule has 3 amide bonds. The molecule has 0 unspecified atom stereocenters. The van der Waals surface area contributed by atoms with Gasteiger partial charge in [-0.25, -0.2) is 14.6 Å². The number of benzene rings is 1. The van der Waals surface area contributed by atoms with E-state index in [1.54, 1.807) is 24.3 Å². The summed E-state index contributed by atoms with van der Waals surface area (Å²) in [5, 5.41) is 7.12. The van der Waals surface area contributed by atoms with Crippen LogP contribution in [0.25, 0.3) is 10.6 Å². The number of esters is 1. The summed E-state index contributed by atoms with van der Waals surface area (Å²) in [6.07, 6.45) is 1.46. The highest BCUT2D eigenvalue weighted by Gasteiger charge is 2.15. The maximum Gasteiger partial charge on any atom is 0.358 e. The van der Waals surface area contributed by atoms with Crippen LogP contribution in [0, 0.1) is 0 Å². The van der Waals surface area contributed by atoms with E-state index in [9.17, 15) is 14.4 Å². The number of urea groups is 1. The van der Waals surface area contributed by atoms with Crippen LogP contribution in [0.15, 0.2) is 42.3 Å². The summed E-state index contributed by atoms with van der Waals surface area (Å²) >= 11 is 7.09. The molecule has 9 heteroatoms. The smallest absolute Gasteiger partial charge is 0.358 e. The average Bonchev–Trinajstić information content (AvgIpc) is 3.08. The van der Waals surface area contributed by atoms with Crippen molar-refractivity contribution in [2.24, 2.45) is 0 Å². The Morgan fingerprint density at radius 2 is 2.00 bits per heavy atom. The zero-order chi connectivity index (χ0) is 18.2. The topological polar surface area (TPSA) is 97.4 Å². The maximum absolute atomic E-state index is 11.9. The van der Waals surface area contributed by atoms with E-state index in [2.05, 4.69) is 16.9 Å². The largest absolute Gasteiger partial charge is 0.451 e. The van der Waals surface area contributed by atoms with Crippen LogP contribution in [0.1, 0.15) is 10.5 Å². The normalized spacial score (nSPS) is 9.96. The minimum atomic E-state index is -0.752. The Balaban J connectivity index is 1.87. The molecule has 0 fully saturated rings. The monoisotopic (exact) mass is 379 g/mol. The molecule has 1 aromatic heterocycles. The second-order valence-electron chi connectivity index (χ2n) is 4.67. The minimum absolute atomic E-state index is 0.0823. The van der Waals surface area contributed by atoms with Gasteiger partial charge in [0.2, 0.25) is 0 Å². The Morgan fingerprint density at radius 3 is 2.68 bits per heavy atom. The van der Waals surface area contributed by atoms with Crippen LogP contribution in [0.2, 0.25) is 5.02 Å². The number of hydrogen-bond donors (Lipinski definition) is 2. The number of hydrogen-bond acceptors (Lipinski definition) is 6. The van der Waals surface area contributed by atoms with Gasteiger partial charge >= 0.3 is 12.0 Å². The van der Waals surface area contributed by atoms with Crippen molar-refractivity contribution in [3.63, 3.8) is 0 Å². The standard InChI is InChI=1S/C16H14ClN3O4S/c1-2-7-18-16(23)20-13(21)8-24-15(22)12-9-25-14(19-12)10-3-5-11(17)6-4-10/h2-6,9H,1,7-8H2,(H2,18,20,21,23). The van der Waals surface area contributed by atoms with Crippen LogP contribution in [0.4, 0.5) is 4.79 Å². The molecule has 0 aliphatic rings. The molecule has 2 rings (SSSR count). The number of ether oxygens (including phenoxy) is 1. The van der Waals surface area contributed by atoms with Crippen LogP contribution >= 0.6 is 22.9 Å². The van der Waals surface area contributed by atoms with Gasteiger partial charge in [0.05, 0.1) is 0 Å². The lowest BCUT2D eigenvalue weighted by atomic mass is 10.2. The fraction of sp³-hybridized carbons (Fsp3) is 0.125. The third kappa shape index (κ3) is 5.70. The molecule has 1 aromatic carbocycles. The van der Waals surface area contributed by atoms with E-state index in [4.69, 9.17) is 16.3 Å². The van der Waals surface area contributed by atoms with Gasteiger partial charge in [0.1, 0.15) is 5.01 Å². The lowest BCUT2D eigenvalue weighted by molar-refractivity contribution is -0.123. The molecule has 2 N–H and O–H groups in total. The molecule has 0 spiro atoms. The molecule has 2 aromatic rings. The van der Waals surface area contributed by atoms with Gasteiger partial charge in [-0.15, -0.1) is 17.9 Å². The zero-order valence-corrected chi connectivity index (χ0v) is 14.5. The lowest BCUT2D eigenvalue weighted by Crippen LogP contribution is -2.41. The number of rotatable bonds is 6. The summed E-state index contributed by atoms with van der Waals surface area (Å²) in [5.74, 6) is -1.50. The van der Waals surface area contributed by atoms with Crippen molar-refractivity contribution < 1.29 is 19.1 Å². The van der Waals surface area contributed by atoms with Gasteiger partial charge in [-0.3, -0.25) is 10.1 Å². The van der Waals surface area contributed by atoms with Crippen molar-refractivity contribution in [3.8, 4) is 10.6 Å². The number of halogens is 1. The Labute approximate surface area is 152 Å². The fourth-order valence-corrected chi connectivity index (χ4v) is 2.59. The van der Waals surface area contributed by atoms with Crippen LogP contribution in [-0.4, -0.2) is 36.0 Å². The Morgan fingerprint density at radius 1 is 1.28 bits per heavy atom. The summed E-state index contributed by atoms with van der Waals surface area (Å²) in [5.41, 5.74) is 0.893. The second-order valence-corrected chi connectivity index (χ2v) is 5.96. The molecule has 25 heavy (non-hydrogen) atoms. The number of aromatic nitrogens is 1. The molecular weight excluding hydrogens is 366 g/mol. The first kappa shape index (κ1) is 18.6. The summed E-state index contributed by atoms with van der Waals surface area (Å²) in [4.78, 5) is 38.8. The predicted octanol–water partition coefficient (Wildman–Crippen LogP) is 2.63. The van der Waals surface area contributed by atoms with Gasteiger partial charge in [-0.2, -0.15) is 0 Å². The lowest BCUT2D eigenvalue weighted by Gasteiger charge is -2.05. The van der Waals surface area contributed by atoms with Crippen LogP contribution in [-0.2, 0) is 9.53 Å². The van der Waals surface area contributed by atoms with Crippen molar-refractivity contribution in [1.29, 1.82) is 0 Å². The summed E-state index contributed by atoms with van der Waals surface area (Å²) < 4.78 is 4.84. The first-order chi connectivity index (χ1) is 12.0. The number of amides is 3. The SMILES string of the molecule is C=CCNC(=O)NC(=O)COC(=O)c1csc(-c2ccc(Cl)cc2)n1. The van der Waals surface area contributed by atoms with E-state index < -0.39 is 24.5 Å². The number of thiazole rings is 1. The van der Waals surface area contributed by atoms with Crippen molar-refractivity contribution in [1.82, 2.24) is 15.6 Å². The molecule has 7 nitrogen and oxygen atoms in total. The predicted molar refractivity (Wildman–Crippen MR) is 94.6 cm³/mol. The van der Waals surface area contributed by atoms with Crippen molar-refractivity contribution in [3.05, 3.63) is 53.0 Å². The van der Waals surface area contributed by atoms with Crippen molar-refractivity contribution in [2.75, 3.05) is 13.2 Å². The molecule has 0 saturated carbocycles. The Kier molecular flexibility index (Phi) is 6.67. The minimum Gasteiger partial charge on any atom is -0.451 e. The van der Waals surface area contributed by atoms with Gasteiger partial charge in [0.15, 0.2) is 12.3 Å². The van der Waals surface area contributed by atoms with Crippen molar-refractivity contribution >= 4 is 40.8 Å². The van der Waals surface area contributed by atoms with Gasteiger partial charge in [0.25, 0.3) is 5.91 Å². The maximum atomic E-state index is 11.9. The molecule has 0 bridgehead atoms. The first-order valence-corrected chi connectivity index (χ1v) is 8.32. The summed E-state index contributed by atoms with van der Waals surface area (Å²) in [7, 11) is 0. The molecule has 1 heterocycles. The Hall–Kier alpha value is -2.71. The number of carbonyl (C=O) groups excluding carboxylic acids is 3. The quantitative estimate of drug-likeness (QED) is 0.594. The Bertz CT molecular complexity index is 789. The van der Waals surface area contributed by atoms with Crippen LogP contribution in [0.5, 0.6) is 0 Å². The van der Waals surface area contributed by atoms with E-state index in [-0.39, 0.29) is 12.2 Å². The third-order valence-corrected chi connectivity index (χ3v) is 3.94. The van der Waals surface area contributed by atoms with Gasteiger partial charge in [-0.1, -0.05) is 29.8 Å². The van der Waals surface area contributed by atoms with E-state index >= 15 is 0 Å². The third-order valence-electron chi connectivity index (χ3n) is 2.80. The van der Waals surface area contributed by atoms with Gasteiger partial charge in [-0.05, 0) is 12.1 Å². The first-order valence-electron chi connectivity index (χ1n) is 7.06. The van der Waals surface area contributed by atoms with Crippen LogP contribution in [0.3, 0.4) is 0 Å². The number of nitrogens with zero attached hydrogens (tertiary/aromatic N) is 1. The highest BCUT2D eigenvalue weighted by molar-refractivity contribution is 7.13. The molecular formula is C16H14ClN3O4S. The summed E-state index contributed by atoms with van der Waals surface area (Å²) in [6, 6.07) is 6.31. The van der Waals surface area contributed by atoms with Gasteiger partial charge in [0, 0.05) is 22.5 Å². The van der Waals surface area contributed by atoms with Gasteiger partial charge < -0.3 is 10.1 Å². The molecule has 0 aliphatic carbocycles. The molecule has 0 atom stereocenters. The average molecular weight is 380 g/mol. The van der Waals surface area contributed by atoms with Crippen LogP contribution < -0.4 is 10.6 Å². The van der Waals surface area contributed by atoms with E-state index in [0.29, 0.717) is 10.0 Å². The molecule has 0 aliphatic heterocycles. The summed E-state index contributed by atoms with van der Waals surface area (Å²) in [6.45, 7) is 3.05. The number of carbonyl (C=O) groups is 3. The highest BCUT2D eigenvalue weighted by atomic mass is 35.5. The zero-order valence-electron chi connectivity index (χ0n) is 13.0. The molecule has 0 radical (unpaired) electrons. The van der Waals surface area contributed by atoms with E-state index in [1.807, 2.05) is 5.32 Å². The molecule has 0 saturated heterocycles. The molecule has 130 valence electrons.